The highest BCUT2D eigenvalue weighted by molar-refractivity contribution is 5.99. The molecule has 2 aromatic heterocycles. The highest BCUT2D eigenvalue weighted by atomic mass is 16.4. The molecule has 96 valence electrons. The average Bonchev–Trinajstić information content (AvgIpc) is 2.46. The molecule has 0 spiro atoms. The van der Waals surface area contributed by atoms with Crippen molar-refractivity contribution in [3.8, 4) is 0 Å². The van der Waals surface area contributed by atoms with Crippen LogP contribution in [0.15, 0.2) is 42.9 Å². The minimum atomic E-state index is -1.09. The molecule has 0 fully saturated rings. The monoisotopic (exact) mass is 257 g/mol. The number of anilines is 1. The fourth-order valence-corrected chi connectivity index (χ4v) is 1.51. The van der Waals surface area contributed by atoms with Gasteiger partial charge in [0.15, 0.2) is 5.78 Å². The summed E-state index contributed by atoms with van der Waals surface area (Å²) in [6.45, 7) is -0.0387. The Hall–Kier alpha value is -2.76. The van der Waals surface area contributed by atoms with Crippen LogP contribution in [-0.2, 0) is 0 Å². The molecular weight excluding hydrogens is 246 g/mol. The van der Waals surface area contributed by atoms with Crippen LogP contribution >= 0.6 is 0 Å². The second kappa shape index (κ2) is 5.72. The molecular formula is C13H11N3O3. The third-order valence-electron chi connectivity index (χ3n) is 2.44. The lowest BCUT2D eigenvalue weighted by molar-refractivity contribution is 0.0697. The summed E-state index contributed by atoms with van der Waals surface area (Å²) in [6, 6.07) is 6.26. The van der Waals surface area contributed by atoms with Crippen LogP contribution in [0.1, 0.15) is 20.7 Å². The summed E-state index contributed by atoms with van der Waals surface area (Å²) in [7, 11) is 0. The Morgan fingerprint density at radius 2 is 2.00 bits per heavy atom. The standard InChI is InChI=1S/C13H11N3O3/c17-11(9-3-1-5-14-7-9)8-16-12-10(13(18)19)4-2-6-15-12/h1-7H,8H2,(H,15,16)(H,18,19). The molecule has 0 saturated carbocycles. The number of nitrogens with one attached hydrogen (secondary N) is 1. The van der Waals surface area contributed by atoms with E-state index >= 15 is 0 Å². The van der Waals surface area contributed by atoms with Crippen LogP contribution in [0.2, 0.25) is 0 Å². The Morgan fingerprint density at radius 3 is 2.68 bits per heavy atom. The van der Waals surface area contributed by atoms with Gasteiger partial charge in [0, 0.05) is 24.2 Å². The molecule has 0 radical (unpaired) electrons. The first-order valence-corrected chi connectivity index (χ1v) is 5.54. The Morgan fingerprint density at radius 1 is 1.21 bits per heavy atom. The Balaban J connectivity index is 2.07. The molecule has 2 rings (SSSR count). The highest BCUT2D eigenvalue weighted by Crippen LogP contribution is 2.11. The zero-order chi connectivity index (χ0) is 13.7. The summed E-state index contributed by atoms with van der Waals surface area (Å²) in [4.78, 5) is 30.5. The number of carboxylic acids is 1. The predicted octanol–water partition coefficient (Wildman–Crippen LogP) is 1.47. The maximum absolute atomic E-state index is 11.8. The van der Waals surface area contributed by atoms with Crippen LogP contribution in [0, 0.1) is 0 Å². The van der Waals surface area contributed by atoms with Crippen molar-refractivity contribution in [2.75, 3.05) is 11.9 Å². The number of aromatic carboxylic acids is 1. The SMILES string of the molecule is O=C(CNc1ncccc1C(=O)O)c1cccnc1. The minimum Gasteiger partial charge on any atom is -0.478 e. The quantitative estimate of drug-likeness (QED) is 0.788. The molecule has 2 aromatic rings. The van der Waals surface area contributed by atoms with E-state index in [9.17, 15) is 9.59 Å². The minimum absolute atomic E-state index is 0.0292. The molecule has 0 aliphatic carbocycles. The van der Waals surface area contributed by atoms with Gasteiger partial charge in [0.1, 0.15) is 11.4 Å². The van der Waals surface area contributed by atoms with Crippen molar-refractivity contribution >= 4 is 17.6 Å². The van der Waals surface area contributed by atoms with E-state index in [1.165, 1.54) is 24.5 Å². The van der Waals surface area contributed by atoms with Crippen LogP contribution in [0.25, 0.3) is 0 Å². The van der Waals surface area contributed by atoms with Gasteiger partial charge in [-0.25, -0.2) is 9.78 Å². The summed E-state index contributed by atoms with van der Waals surface area (Å²) < 4.78 is 0. The van der Waals surface area contributed by atoms with Gasteiger partial charge < -0.3 is 10.4 Å². The number of nitrogens with zero attached hydrogens (tertiary/aromatic N) is 2. The maximum atomic E-state index is 11.8. The summed E-state index contributed by atoms with van der Waals surface area (Å²) in [5.41, 5.74) is 0.490. The smallest absolute Gasteiger partial charge is 0.339 e. The molecule has 0 bridgehead atoms. The normalized spacial score (nSPS) is 9.89. The fraction of sp³-hybridized carbons (Fsp3) is 0.0769. The van der Waals surface area contributed by atoms with Gasteiger partial charge in [-0.3, -0.25) is 9.78 Å². The van der Waals surface area contributed by atoms with E-state index in [2.05, 4.69) is 15.3 Å². The largest absolute Gasteiger partial charge is 0.478 e. The number of ketones is 1. The maximum Gasteiger partial charge on any atom is 0.339 e. The van der Waals surface area contributed by atoms with Gasteiger partial charge in [-0.05, 0) is 24.3 Å². The number of carboxylic acid groups (broad SMARTS) is 1. The average molecular weight is 257 g/mol. The third-order valence-corrected chi connectivity index (χ3v) is 2.44. The van der Waals surface area contributed by atoms with E-state index in [1.54, 1.807) is 18.3 Å². The summed E-state index contributed by atoms with van der Waals surface area (Å²) in [6.07, 6.45) is 4.50. The lowest BCUT2D eigenvalue weighted by Crippen LogP contribution is -2.17. The Bertz CT molecular complexity index is 599. The highest BCUT2D eigenvalue weighted by Gasteiger charge is 2.12. The van der Waals surface area contributed by atoms with Crippen LogP contribution in [0.3, 0.4) is 0 Å². The first-order chi connectivity index (χ1) is 9.18. The summed E-state index contributed by atoms with van der Waals surface area (Å²) >= 11 is 0. The van der Waals surface area contributed by atoms with Gasteiger partial charge in [-0.2, -0.15) is 0 Å². The molecule has 0 atom stereocenters. The van der Waals surface area contributed by atoms with Crippen molar-refractivity contribution in [2.24, 2.45) is 0 Å². The van der Waals surface area contributed by atoms with Crippen LogP contribution in [0.4, 0.5) is 5.82 Å². The van der Waals surface area contributed by atoms with E-state index < -0.39 is 5.97 Å². The van der Waals surface area contributed by atoms with E-state index in [0.717, 1.165) is 0 Å². The van der Waals surface area contributed by atoms with Crippen molar-refractivity contribution < 1.29 is 14.7 Å². The Labute approximate surface area is 109 Å². The predicted molar refractivity (Wildman–Crippen MR) is 68.3 cm³/mol. The lowest BCUT2D eigenvalue weighted by atomic mass is 10.2. The molecule has 6 nitrogen and oxygen atoms in total. The van der Waals surface area contributed by atoms with E-state index in [4.69, 9.17) is 5.11 Å². The number of pyridine rings is 2. The molecule has 6 heteroatoms. The molecule has 2 heterocycles. The van der Waals surface area contributed by atoms with E-state index in [-0.39, 0.29) is 23.7 Å². The van der Waals surface area contributed by atoms with Gasteiger partial charge in [0.25, 0.3) is 0 Å². The first-order valence-electron chi connectivity index (χ1n) is 5.54. The van der Waals surface area contributed by atoms with Crippen molar-refractivity contribution in [1.82, 2.24) is 9.97 Å². The third kappa shape index (κ3) is 3.12. The molecule has 0 amide bonds. The molecule has 19 heavy (non-hydrogen) atoms. The zero-order valence-electron chi connectivity index (χ0n) is 9.91. The fourth-order valence-electron chi connectivity index (χ4n) is 1.51. The molecule has 0 aromatic carbocycles. The van der Waals surface area contributed by atoms with Crippen LogP contribution in [-0.4, -0.2) is 33.4 Å². The van der Waals surface area contributed by atoms with E-state index in [0.29, 0.717) is 5.56 Å². The van der Waals surface area contributed by atoms with Crippen molar-refractivity contribution in [3.05, 3.63) is 54.0 Å². The number of Topliss-reactive ketones (excluding diaryl/α,β-unsaturated/α-hetero) is 1. The Kier molecular flexibility index (Phi) is 3.82. The van der Waals surface area contributed by atoms with Crippen LogP contribution in [0.5, 0.6) is 0 Å². The number of carbonyl (C=O) groups excluding carboxylic acids is 1. The van der Waals surface area contributed by atoms with E-state index in [1.807, 2.05) is 0 Å². The molecule has 0 saturated heterocycles. The molecule has 0 aliphatic heterocycles. The first kappa shape index (κ1) is 12.7. The summed E-state index contributed by atoms with van der Waals surface area (Å²) in [5, 5.41) is 11.7. The molecule has 2 N–H and O–H groups in total. The number of hydrogen-bond donors (Lipinski definition) is 2. The second-order valence-corrected chi connectivity index (χ2v) is 3.72. The van der Waals surface area contributed by atoms with Crippen molar-refractivity contribution in [3.63, 3.8) is 0 Å². The second-order valence-electron chi connectivity index (χ2n) is 3.72. The van der Waals surface area contributed by atoms with Gasteiger partial charge in [0.2, 0.25) is 0 Å². The topological polar surface area (TPSA) is 92.2 Å². The number of rotatable bonds is 5. The molecule has 0 unspecified atom stereocenters. The van der Waals surface area contributed by atoms with Gasteiger partial charge in [-0.1, -0.05) is 0 Å². The van der Waals surface area contributed by atoms with Gasteiger partial charge >= 0.3 is 5.97 Å². The number of hydrogen-bond acceptors (Lipinski definition) is 5. The van der Waals surface area contributed by atoms with Crippen LogP contribution < -0.4 is 5.32 Å². The number of carbonyl (C=O) groups is 2. The van der Waals surface area contributed by atoms with Gasteiger partial charge in [-0.15, -0.1) is 0 Å². The van der Waals surface area contributed by atoms with Crippen molar-refractivity contribution in [1.29, 1.82) is 0 Å². The number of aromatic nitrogens is 2. The van der Waals surface area contributed by atoms with Crippen molar-refractivity contribution in [2.45, 2.75) is 0 Å². The summed E-state index contributed by atoms with van der Waals surface area (Å²) in [5.74, 6) is -1.10. The lowest BCUT2D eigenvalue weighted by Gasteiger charge is -2.07. The molecule has 0 aliphatic rings. The zero-order valence-corrected chi connectivity index (χ0v) is 9.91. The van der Waals surface area contributed by atoms with Gasteiger partial charge in [0.05, 0.1) is 6.54 Å².